The van der Waals surface area contributed by atoms with Crippen LogP contribution in [0.4, 0.5) is 20.6 Å². The summed E-state index contributed by atoms with van der Waals surface area (Å²) in [5.74, 6) is -0.485. The Balaban J connectivity index is 2.00. The molecule has 1 aliphatic rings. The average Bonchev–Trinajstić information content (AvgIpc) is 2.89. The molecule has 2 N–H and O–H groups in total. The molecule has 5 nitrogen and oxygen atoms in total. The highest BCUT2D eigenvalue weighted by Crippen LogP contribution is 2.23. The lowest BCUT2D eigenvalue weighted by atomic mass is 10.2. The van der Waals surface area contributed by atoms with Gasteiger partial charge in [-0.25, -0.2) is 9.18 Å². The second-order valence-corrected chi connectivity index (χ2v) is 7.54. The first-order chi connectivity index (χ1) is 11.1. The van der Waals surface area contributed by atoms with E-state index in [0.29, 0.717) is 12.1 Å². The standard InChI is InChI=1S/C18H28FN3O2/c1-12(2)22-9-8-14(11-22)20-13-6-7-15(19)16(10-13)21-17(23)24-18(3,4)5/h6-7,10,12,14,20H,8-9,11H2,1-5H3,(H,21,23). The number of nitrogens with one attached hydrogen (secondary N) is 2. The number of hydrogen-bond donors (Lipinski definition) is 2. The number of halogens is 1. The molecule has 0 spiro atoms. The van der Waals surface area contributed by atoms with Crippen LogP contribution in [0.15, 0.2) is 18.2 Å². The number of carbonyl (C=O) groups excluding carboxylic acids is 1. The highest BCUT2D eigenvalue weighted by Gasteiger charge is 2.24. The Kier molecular flexibility index (Phi) is 5.70. The van der Waals surface area contributed by atoms with E-state index in [0.717, 1.165) is 25.2 Å². The van der Waals surface area contributed by atoms with Crippen molar-refractivity contribution >= 4 is 17.5 Å². The van der Waals surface area contributed by atoms with Gasteiger partial charge in [-0.15, -0.1) is 0 Å². The quantitative estimate of drug-likeness (QED) is 0.870. The van der Waals surface area contributed by atoms with Crippen molar-refractivity contribution in [3.63, 3.8) is 0 Å². The number of hydrogen-bond acceptors (Lipinski definition) is 4. The third-order valence-electron chi connectivity index (χ3n) is 3.92. The molecule has 1 aromatic carbocycles. The van der Waals surface area contributed by atoms with Crippen molar-refractivity contribution in [3.05, 3.63) is 24.0 Å². The second-order valence-electron chi connectivity index (χ2n) is 7.54. The lowest BCUT2D eigenvalue weighted by Crippen LogP contribution is -2.31. The van der Waals surface area contributed by atoms with Crippen LogP contribution in [0.1, 0.15) is 41.0 Å². The van der Waals surface area contributed by atoms with Crippen molar-refractivity contribution in [2.45, 2.75) is 58.7 Å². The van der Waals surface area contributed by atoms with E-state index in [1.54, 1.807) is 32.9 Å². The summed E-state index contributed by atoms with van der Waals surface area (Å²) in [5, 5.41) is 5.89. The van der Waals surface area contributed by atoms with E-state index in [1.165, 1.54) is 6.07 Å². The first-order valence-corrected chi connectivity index (χ1v) is 8.44. The van der Waals surface area contributed by atoms with Gasteiger partial charge in [0.2, 0.25) is 0 Å². The molecule has 1 unspecified atom stereocenters. The van der Waals surface area contributed by atoms with Crippen LogP contribution < -0.4 is 10.6 Å². The second kappa shape index (κ2) is 7.38. The summed E-state index contributed by atoms with van der Waals surface area (Å²) in [6, 6.07) is 5.50. The zero-order chi connectivity index (χ0) is 17.9. The molecule has 0 aliphatic carbocycles. The molecule has 1 fully saturated rings. The van der Waals surface area contributed by atoms with Gasteiger partial charge in [-0.1, -0.05) is 0 Å². The molecule has 134 valence electrons. The third-order valence-corrected chi connectivity index (χ3v) is 3.92. The predicted molar refractivity (Wildman–Crippen MR) is 95.0 cm³/mol. The zero-order valence-electron chi connectivity index (χ0n) is 15.1. The highest BCUT2D eigenvalue weighted by atomic mass is 19.1. The van der Waals surface area contributed by atoms with Gasteiger partial charge in [0.1, 0.15) is 11.4 Å². The van der Waals surface area contributed by atoms with E-state index in [2.05, 4.69) is 29.4 Å². The summed E-state index contributed by atoms with van der Waals surface area (Å²) >= 11 is 0. The Morgan fingerprint density at radius 2 is 2.08 bits per heavy atom. The maximum Gasteiger partial charge on any atom is 0.412 e. The molecular formula is C18H28FN3O2. The summed E-state index contributed by atoms with van der Waals surface area (Å²) in [6.45, 7) is 11.7. The number of ether oxygens (including phenoxy) is 1. The molecule has 0 bridgehead atoms. The van der Waals surface area contributed by atoms with Crippen LogP contribution >= 0.6 is 0 Å². The molecule has 1 atom stereocenters. The maximum atomic E-state index is 13.9. The normalized spacial score (nSPS) is 18.7. The minimum Gasteiger partial charge on any atom is -0.444 e. The summed E-state index contributed by atoms with van der Waals surface area (Å²) in [7, 11) is 0. The van der Waals surface area contributed by atoms with Crippen LogP contribution in [0.25, 0.3) is 0 Å². The zero-order valence-corrected chi connectivity index (χ0v) is 15.1. The molecule has 2 rings (SSSR count). The van der Waals surface area contributed by atoms with Gasteiger partial charge in [0.25, 0.3) is 0 Å². The van der Waals surface area contributed by atoms with E-state index in [4.69, 9.17) is 4.74 Å². The van der Waals surface area contributed by atoms with E-state index in [1.807, 2.05) is 0 Å². The Hall–Kier alpha value is -1.82. The van der Waals surface area contributed by atoms with Gasteiger partial charge < -0.3 is 10.1 Å². The van der Waals surface area contributed by atoms with Gasteiger partial charge >= 0.3 is 6.09 Å². The van der Waals surface area contributed by atoms with E-state index >= 15 is 0 Å². The van der Waals surface area contributed by atoms with Crippen LogP contribution in [-0.4, -0.2) is 41.8 Å². The molecule has 24 heavy (non-hydrogen) atoms. The molecular weight excluding hydrogens is 309 g/mol. The Morgan fingerprint density at radius 3 is 2.67 bits per heavy atom. The molecule has 1 saturated heterocycles. The summed E-state index contributed by atoms with van der Waals surface area (Å²) < 4.78 is 19.1. The predicted octanol–water partition coefficient (Wildman–Crippen LogP) is 4.07. The molecule has 0 aromatic heterocycles. The fourth-order valence-corrected chi connectivity index (χ4v) is 2.73. The first kappa shape index (κ1) is 18.5. The van der Waals surface area contributed by atoms with Crippen molar-refractivity contribution in [3.8, 4) is 0 Å². The smallest absolute Gasteiger partial charge is 0.412 e. The minimum absolute atomic E-state index is 0.118. The molecule has 0 saturated carbocycles. The minimum atomic E-state index is -0.662. The topological polar surface area (TPSA) is 53.6 Å². The van der Waals surface area contributed by atoms with Crippen molar-refractivity contribution in [2.24, 2.45) is 0 Å². The maximum absolute atomic E-state index is 13.9. The summed E-state index contributed by atoms with van der Waals surface area (Å²) in [6.07, 6.45) is 0.384. The molecule has 1 aromatic rings. The molecule has 1 heterocycles. The number of nitrogens with zero attached hydrogens (tertiary/aromatic N) is 1. The van der Waals surface area contributed by atoms with Crippen LogP contribution in [-0.2, 0) is 4.74 Å². The van der Waals surface area contributed by atoms with Crippen molar-refractivity contribution in [1.82, 2.24) is 4.90 Å². The van der Waals surface area contributed by atoms with Crippen LogP contribution in [0.5, 0.6) is 0 Å². The number of carbonyl (C=O) groups is 1. The third kappa shape index (κ3) is 5.37. The fourth-order valence-electron chi connectivity index (χ4n) is 2.73. The van der Waals surface area contributed by atoms with Gasteiger partial charge in [-0.2, -0.15) is 0 Å². The summed E-state index contributed by atoms with van der Waals surface area (Å²) in [4.78, 5) is 14.2. The van der Waals surface area contributed by atoms with Crippen molar-refractivity contribution in [1.29, 1.82) is 0 Å². The van der Waals surface area contributed by atoms with Crippen molar-refractivity contribution < 1.29 is 13.9 Å². The average molecular weight is 337 g/mol. The largest absolute Gasteiger partial charge is 0.444 e. The Morgan fingerprint density at radius 1 is 1.38 bits per heavy atom. The molecule has 0 radical (unpaired) electrons. The summed E-state index contributed by atoms with van der Waals surface area (Å²) in [5.41, 5.74) is 0.284. The molecule has 6 heteroatoms. The fraction of sp³-hybridized carbons (Fsp3) is 0.611. The van der Waals surface area contributed by atoms with E-state index < -0.39 is 17.5 Å². The van der Waals surface area contributed by atoms with E-state index in [9.17, 15) is 9.18 Å². The van der Waals surface area contributed by atoms with Crippen LogP contribution in [0, 0.1) is 5.82 Å². The van der Waals surface area contributed by atoms with Crippen molar-refractivity contribution in [2.75, 3.05) is 23.7 Å². The number of amides is 1. The Labute approximate surface area is 143 Å². The SMILES string of the molecule is CC(C)N1CCC(Nc2ccc(F)c(NC(=O)OC(C)(C)C)c2)C1. The van der Waals surface area contributed by atoms with Crippen LogP contribution in [0.2, 0.25) is 0 Å². The lowest BCUT2D eigenvalue weighted by Gasteiger charge is -2.21. The van der Waals surface area contributed by atoms with Gasteiger partial charge in [0.05, 0.1) is 5.69 Å². The Bertz CT molecular complexity index is 584. The number of likely N-dealkylation sites (tertiary alicyclic amines) is 1. The number of anilines is 2. The van der Waals surface area contributed by atoms with Crippen LogP contribution in [0.3, 0.4) is 0 Å². The highest BCUT2D eigenvalue weighted by molar-refractivity contribution is 5.85. The number of benzene rings is 1. The van der Waals surface area contributed by atoms with Gasteiger partial charge in [0.15, 0.2) is 0 Å². The molecule has 1 amide bonds. The van der Waals surface area contributed by atoms with Gasteiger partial charge in [-0.3, -0.25) is 10.2 Å². The van der Waals surface area contributed by atoms with Gasteiger partial charge in [0, 0.05) is 30.9 Å². The molecule has 1 aliphatic heterocycles. The monoisotopic (exact) mass is 337 g/mol. The first-order valence-electron chi connectivity index (χ1n) is 8.44. The number of rotatable bonds is 4. The van der Waals surface area contributed by atoms with E-state index in [-0.39, 0.29) is 5.69 Å². The lowest BCUT2D eigenvalue weighted by molar-refractivity contribution is 0.0635. The van der Waals surface area contributed by atoms with Gasteiger partial charge in [-0.05, 0) is 59.2 Å².